The maximum Gasteiger partial charge on any atom is 0.263 e. The number of fused-ring (bicyclic) bond motifs is 1. The topological polar surface area (TPSA) is 73.4 Å². The van der Waals surface area contributed by atoms with Gasteiger partial charge in [-0.15, -0.1) is 0 Å². The normalized spacial score (nSPS) is 20.2. The van der Waals surface area contributed by atoms with Gasteiger partial charge in [-0.1, -0.05) is 13.0 Å². The van der Waals surface area contributed by atoms with Gasteiger partial charge in [-0.2, -0.15) is 0 Å². The molecule has 0 unspecified atom stereocenters. The fourth-order valence-electron chi connectivity index (χ4n) is 5.10. The second-order valence-electron chi connectivity index (χ2n) is 8.88. The number of methoxy groups -OCH3 is 1. The first-order valence-electron chi connectivity index (χ1n) is 11.8. The number of imide groups is 1. The van der Waals surface area contributed by atoms with Crippen LogP contribution in [0, 0.1) is 5.92 Å². The van der Waals surface area contributed by atoms with Crippen molar-refractivity contribution in [3.05, 3.63) is 29.3 Å². The molecule has 3 amide bonds. The van der Waals surface area contributed by atoms with E-state index in [-0.39, 0.29) is 30.2 Å². The van der Waals surface area contributed by atoms with Crippen LogP contribution in [0.3, 0.4) is 0 Å². The van der Waals surface area contributed by atoms with Gasteiger partial charge in [0.15, 0.2) is 0 Å². The Morgan fingerprint density at radius 2 is 1.72 bits per heavy atom. The van der Waals surface area contributed by atoms with Gasteiger partial charge in [0, 0.05) is 52.3 Å². The van der Waals surface area contributed by atoms with E-state index in [1.54, 1.807) is 13.2 Å². The van der Waals surface area contributed by atoms with Crippen molar-refractivity contribution in [1.82, 2.24) is 14.7 Å². The van der Waals surface area contributed by atoms with Crippen LogP contribution in [-0.2, 0) is 9.53 Å². The lowest BCUT2D eigenvalue weighted by molar-refractivity contribution is -0.138. The monoisotopic (exact) mass is 442 g/mol. The maximum atomic E-state index is 13.1. The van der Waals surface area contributed by atoms with E-state index in [1.807, 2.05) is 17.0 Å². The molecular formula is C24H34N4O4. The van der Waals surface area contributed by atoms with Crippen molar-refractivity contribution in [3.63, 3.8) is 0 Å². The third kappa shape index (κ3) is 4.38. The molecule has 174 valence electrons. The summed E-state index contributed by atoms with van der Waals surface area (Å²) in [6.45, 7) is 8.85. The summed E-state index contributed by atoms with van der Waals surface area (Å²) in [5.41, 5.74) is 1.76. The Hall–Kier alpha value is -2.45. The largest absolute Gasteiger partial charge is 0.383 e. The number of carbonyl (C=O) groups excluding carboxylic acids is 3. The summed E-state index contributed by atoms with van der Waals surface area (Å²) in [6.07, 6.45) is 2.69. The molecule has 0 saturated carbocycles. The lowest BCUT2D eigenvalue weighted by Gasteiger charge is -2.39. The van der Waals surface area contributed by atoms with Gasteiger partial charge in [0.05, 0.1) is 30.0 Å². The molecule has 1 aromatic carbocycles. The number of carbonyl (C=O) groups is 3. The number of piperazine rings is 1. The summed E-state index contributed by atoms with van der Waals surface area (Å²) >= 11 is 0. The van der Waals surface area contributed by atoms with E-state index in [0.29, 0.717) is 30.8 Å². The number of amides is 3. The highest BCUT2D eigenvalue weighted by Crippen LogP contribution is 2.34. The van der Waals surface area contributed by atoms with Gasteiger partial charge in [-0.3, -0.25) is 24.2 Å². The van der Waals surface area contributed by atoms with E-state index in [2.05, 4.69) is 16.7 Å². The molecule has 0 N–H and O–H groups in total. The second kappa shape index (κ2) is 10.0. The van der Waals surface area contributed by atoms with Crippen LogP contribution in [0.1, 0.15) is 46.9 Å². The SMILES string of the molecule is CCCN1CCN(C(=O)C2CCN(c3cccc4c3C(=O)N(CCOC)C4=O)CC2)CC1. The number of nitrogens with zero attached hydrogens (tertiary/aromatic N) is 4. The molecular weight excluding hydrogens is 408 g/mol. The van der Waals surface area contributed by atoms with Gasteiger partial charge >= 0.3 is 0 Å². The molecule has 3 aliphatic heterocycles. The number of benzene rings is 1. The molecule has 4 rings (SSSR count). The van der Waals surface area contributed by atoms with E-state index in [4.69, 9.17) is 4.74 Å². The molecule has 0 bridgehead atoms. The molecule has 3 heterocycles. The minimum atomic E-state index is -0.254. The van der Waals surface area contributed by atoms with Crippen molar-refractivity contribution in [2.45, 2.75) is 26.2 Å². The molecule has 0 atom stereocenters. The highest BCUT2D eigenvalue weighted by atomic mass is 16.5. The minimum absolute atomic E-state index is 0.0382. The Labute approximate surface area is 190 Å². The van der Waals surface area contributed by atoms with Crippen LogP contribution in [0.5, 0.6) is 0 Å². The predicted octanol–water partition coefficient (Wildman–Crippen LogP) is 1.70. The van der Waals surface area contributed by atoms with Crippen LogP contribution in [0.2, 0.25) is 0 Å². The molecule has 0 aliphatic carbocycles. The fraction of sp³-hybridized carbons (Fsp3) is 0.625. The molecule has 0 radical (unpaired) electrons. The Morgan fingerprint density at radius 3 is 2.38 bits per heavy atom. The summed E-state index contributed by atoms with van der Waals surface area (Å²) in [7, 11) is 1.56. The summed E-state index contributed by atoms with van der Waals surface area (Å²) < 4.78 is 5.05. The van der Waals surface area contributed by atoms with Crippen LogP contribution >= 0.6 is 0 Å². The van der Waals surface area contributed by atoms with Crippen molar-refractivity contribution >= 4 is 23.4 Å². The standard InChI is InChI=1S/C24H34N4O4/c1-3-9-25-12-14-27(15-13-25)22(29)18-7-10-26(11-8-18)20-6-4-5-19-21(20)24(31)28(23(19)30)16-17-32-2/h4-6,18H,3,7-17H2,1-2H3. The zero-order valence-corrected chi connectivity index (χ0v) is 19.2. The van der Waals surface area contributed by atoms with E-state index < -0.39 is 0 Å². The average molecular weight is 443 g/mol. The zero-order valence-electron chi connectivity index (χ0n) is 19.2. The molecule has 8 nitrogen and oxygen atoms in total. The van der Waals surface area contributed by atoms with E-state index in [9.17, 15) is 14.4 Å². The van der Waals surface area contributed by atoms with Gasteiger partial charge in [-0.25, -0.2) is 0 Å². The van der Waals surface area contributed by atoms with Crippen LogP contribution in [-0.4, -0.2) is 98.5 Å². The number of anilines is 1. The van der Waals surface area contributed by atoms with Gasteiger partial charge in [0.1, 0.15) is 0 Å². The molecule has 2 saturated heterocycles. The third-order valence-corrected chi connectivity index (χ3v) is 6.90. The predicted molar refractivity (Wildman–Crippen MR) is 122 cm³/mol. The fourth-order valence-corrected chi connectivity index (χ4v) is 5.10. The average Bonchev–Trinajstić information content (AvgIpc) is 3.07. The van der Waals surface area contributed by atoms with E-state index in [1.165, 1.54) is 4.90 Å². The first-order valence-corrected chi connectivity index (χ1v) is 11.8. The highest BCUT2D eigenvalue weighted by Gasteiger charge is 2.39. The minimum Gasteiger partial charge on any atom is -0.383 e. The molecule has 2 fully saturated rings. The van der Waals surface area contributed by atoms with E-state index >= 15 is 0 Å². The Morgan fingerprint density at radius 1 is 1.00 bits per heavy atom. The Bertz CT molecular complexity index is 858. The summed E-state index contributed by atoms with van der Waals surface area (Å²) in [6, 6.07) is 5.48. The number of ether oxygens (including phenoxy) is 1. The van der Waals surface area contributed by atoms with Gasteiger partial charge in [0.25, 0.3) is 11.8 Å². The number of rotatable bonds is 7. The first-order chi connectivity index (χ1) is 15.5. The molecule has 3 aliphatic rings. The van der Waals surface area contributed by atoms with Crippen molar-refractivity contribution in [2.75, 3.05) is 71.0 Å². The van der Waals surface area contributed by atoms with E-state index in [0.717, 1.165) is 57.7 Å². The quantitative estimate of drug-likeness (QED) is 0.599. The van der Waals surface area contributed by atoms with Gasteiger partial charge in [-0.05, 0) is 37.9 Å². The number of hydrogen-bond donors (Lipinski definition) is 0. The van der Waals surface area contributed by atoms with Crippen LogP contribution in [0.15, 0.2) is 18.2 Å². The van der Waals surface area contributed by atoms with Crippen LogP contribution in [0.4, 0.5) is 5.69 Å². The van der Waals surface area contributed by atoms with Crippen molar-refractivity contribution < 1.29 is 19.1 Å². The second-order valence-corrected chi connectivity index (χ2v) is 8.88. The maximum absolute atomic E-state index is 13.1. The Kier molecular flexibility index (Phi) is 7.10. The number of hydrogen-bond acceptors (Lipinski definition) is 6. The highest BCUT2D eigenvalue weighted by molar-refractivity contribution is 6.23. The van der Waals surface area contributed by atoms with Gasteiger partial charge < -0.3 is 14.5 Å². The molecule has 1 aromatic rings. The zero-order chi connectivity index (χ0) is 22.7. The van der Waals surface area contributed by atoms with Crippen LogP contribution in [0.25, 0.3) is 0 Å². The molecule has 32 heavy (non-hydrogen) atoms. The van der Waals surface area contributed by atoms with Crippen LogP contribution < -0.4 is 4.90 Å². The Balaban J connectivity index is 1.38. The van der Waals surface area contributed by atoms with Crippen molar-refractivity contribution in [1.29, 1.82) is 0 Å². The lowest BCUT2D eigenvalue weighted by Crippen LogP contribution is -2.51. The number of piperidine rings is 1. The summed E-state index contributed by atoms with van der Waals surface area (Å²) in [4.78, 5) is 46.6. The van der Waals surface area contributed by atoms with Crippen molar-refractivity contribution in [2.24, 2.45) is 5.92 Å². The third-order valence-electron chi connectivity index (χ3n) is 6.90. The first kappa shape index (κ1) is 22.7. The lowest BCUT2D eigenvalue weighted by atomic mass is 9.93. The molecule has 0 aromatic heterocycles. The summed E-state index contributed by atoms with van der Waals surface area (Å²) in [5, 5.41) is 0. The molecule has 0 spiro atoms. The molecule has 8 heteroatoms. The summed E-state index contributed by atoms with van der Waals surface area (Å²) in [5.74, 6) is -0.190. The van der Waals surface area contributed by atoms with Crippen molar-refractivity contribution in [3.8, 4) is 0 Å². The van der Waals surface area contributed by atoms with Gasteiger partial charge in [0.2, 0.25) is 5.91 Å². The smallest absolute Gasteiger partial charge is 0.263 e.